The van der Waals surface area contributed by atoms with Crippen LogP contribution in [-0.2, 0) is 16.0 Å². The van der Waals surface area contributed by atoms with Crippen molar-refractivity contribution >= 4 is 27.9 Å². The van der Waals surface area contributed by atoms with Crippen molar-refractivity contribution in [2.45, 2.75) is 58.7 Å². The van der Waals surface area contributed by atoms with Gasteiger partial charge in [-0.3, -0.25) is 4.79 Å². The number of fused-ring (bicyclic) bond motifs is 1. The number of aryl methyl sites for hydroxylation is 1. The van der Waals surface area contributed by atoms with Crippen LogP contribution in [0.1, 0.15) is 46.6 Å². The second-order valence-electron chi connectivity index (χ2n) is 8.33. The fourth-order valence-electron chi connectivity index (χ4n) is 3.83. The molecule has 0 fully saturated rings. The van der Waals surface area contributed by atoms with Crippen molar-refractivity contribution in [3.63, 3.8) is 0 Å². The minimum atomic E-state index is -0.574. The molecule has 0 unspecified atom stereocenters. The van der Waals surface area contributed by atoms with Gasteiger partial charge in [-0.1, -0.05) is 31.2 Å². The van der Waals surface area contributed by atoms with Crippen molar-refractivity contribution in [1.82, 2.24) is 0 Å². The highest BCUT2D eigenvalue weighted by Gasteiger charge is 2.32. The van der Waals surface area contributed by atoms with Crippen LogP contribution in [0.15, 0.2) is 48.5 Å². The molecule has 2 aromatic carbocycles. The van der Waals surface area contributed by atoms with E-state index >= 15 is 0 Å². The molecule has 0 aliphatic carbocycles. The lowest BCUT2D eigenvalue weighted by atomic mass is 9.92. The van der Waals surface area contributed by atoms with Gasteiger partial charge in [-0.25, -0.2) is 0 Å². The van der Waals surface area contributed by atoms with Gasteiger partial charge in [0.1, 0.15) is 17.0 Å². The third-order valence-electron chi connectivity index (χ3n) is 4.77. The Bertz CT molecular complexity index is 969. The molecule has 0 saturated carbocycles. The molecule has 3 rings (SSSR count). The number of thiophene rings is 1. The number of ether oxygens (including phenoxy) is 2. The molecule has 1 aromatic heterocycles. The summed E-state index contributed by atoms with van der Waals surface area (Å²) in [5.41, 5.74) is 1.63. The van der Waals surface area contributed by atoms with E-state index in [0.29, 0.717) is 12.9 Å². The largest absolute Gasteiger partial charge is 0.488 e. The maximum Gasteiger partial charge on any atom is 0.293 e. The van der Waals surface area contributed by atoms with Crippen molar-refractivity contribution in [3.8, 4) is 16.2 Å². The molecule has 3 aromatic rings. The first-order chi connectivity index (χ1) is 13.2. The van der Waals surface area contributed by atoms with Gasteiger partial charge in [-0.05, 0) is 74.9 Å². The van der Waals surface area contributed by atoms with Gasteiger partial charge in [0.2, 0.25) is 0 Å². The summed E-state index contributed by atoms with van der Waals surface area (Å²) in [4.78, 5) is 12.0. The average molecular weight is 397 g/mol. The number of hydrogen-bond donors (Lipinski definition) is 0. The van der Waals surface area contributed by atoms with E-state index in [2.05, 4.69) is 49.4 Å². The normalized spacial score (nSPS) is 12.2. The predicted octanol–water partition coefficient (Wildman–Crippen LogP) is 6.63. The summed E-state index contributed by atoms with van der Waals surface area (Å²) in [5.74, 6) is 0.830. The van der Waals surface area contributed by atoms with Crippen LogP contribution in [0.25, 0.3) is 20.5 Å². The molecule has 0 bridgehead atoms. The molecule has 148 valence electrons. The molecule has 0 atom stereocenters. The highest BCUT2D eigenvalue weighted by molar-refractivity contribution is 7.22. The number of benzene rings is 2. The van der Waals surface area contributed by atoms with Gasteiger partial charge in [0.15, 0.2) is 0 Å². The van der Waals surface area contributed by atoms with E-state index in [0.717, 1.165) is 12.2 Å². The van der Waals surface area contributed by atoms with Crippen LogP contribution in [0.2, 0.25) is 0 Å². The zero-order valence-electron chi connectivity index (χ0n) is 17.2. The fraction of sp³-hybridized carbons (Fsp3) is 0.375. The number of hydrogen-bond acceptors (Lipinski definition) is 4. The monoisotopic (exact) mass is 396 g/mol. The fourth-order valence-corrected chi connectivity index (χ4v) is 4.98. The summed E-state index contributed by atoms with van der Waals surface area (Å²) in [6.45, 7) is 10.5. The topological polar surface area (TPSA) is 35.5 Å². The van der Waals surface area contributed by atoms with E-state index in [1.54, 1.807) is 11.3 Å². The second-order valence-corrected chi connectivity index (χ2v) is 9.42. The lowest BCUT2D eigenvalue weighted by Crippen LogP contribution is -2.39. The van der Waals surface area contributed by atoms with E-state index in [4.69, 9.17) is 9.47 Å². The second kappa shape index (κ2) is 7.96. The molecule has 0 spiro atoms. The smallest absolute Gasteiger partial charge is 0.293 e. The summed E-state index contributed by atoms with van der Waals surface area (Å²) in [6.07, 6.45) is 1.61. The van der Waals surface area contributed by atoms with E-state index in [9.17, 15) is 4.79 Å². The molecule has 0 aliphatic rings. The van der Waals surface area contributed by atoms with Gasteiger partial charge in [-0.2, -0.15) is 0 Å². The number of carbonyl (C=O) groups is 1. The summed E-state index contributed by atoms with van der Waals surface area (Å²) in [7, 11) is 0. The maximum absolute atomic E-state index is 10.7. The van der Waals surface area contributed by atoms with Crippen LogP contribution in [0, 0.1) is 0 Å². The van der Waals surface area contributed by atoms with Crippen LogP contribution in [-0.4, -0.2) is 17.7 Å². The highest BCUT2D eigenvalue weighted by Crippen LogP contribution is 2.38. The predicted molar refractivity (Wildman–Crippen MR) is 117 cm³/mol. The standard InChI is InChI=1S/C24H28O3S/c1-6-17-9-7-8-10-20(17)22-13-18-11-12-19(14-21(18)28-22)27-24(4,5)15-23(2,3)26-16-25/h7-14,16H,6,15H2,1-5H3. The Hall–Kier alpha value is -2.33. The first-order valence-electron chi connectivity index (χ1n) is 9.65. The Morgan fingerprint density at radius 3 is 2.46 bits per heavy atom. The maximum atomic E-state index is 10.7. The first kappa shape index (κ1) is 20.4. The van der Waals surface area contributed by atoms with Gasteiger partial charge >= 0.3 is 0 Å². The molecule has 0 saturated heterocycles. The van der Waals surface area contributed by atoms with Crippen LogP contribution >= 0.6 is 11.3 Å². The summed E-state index contributed by atoms with van der Waals surface area (Å²) in [5, 5.41) is 1.22. The summed E-state index contributed by atoms with van der Waals surface area (Å²) >= 11 is 1.79. The van der Waals surface area contributed by atoms with E-state index in [1.165, 1.54) is 26.1 Å². The minimum absolute atomic E-state index is 0.463. The SMILES string of the molecule is CCc1ccccc1-c1cc2ccc(OC(C)(C)CC(C)(C)OC=O)cc2s1. The number of carbonyl (C=O) groups excluding carboxylic acids is 1. The Morgan fingerprint density at radius 1 is 1.00 bits per heavy atom. The Balaban J connectivity index is 1.86. The van der Waals surface area contributed by atoms with Gasteiger partial charge in [0, 0.05) is 16.0 Å². The van der Waals surface area contributed by atoms with Crippen LogP contribution in [0.3, 0.4) is 0 Å². The van der Waals surface area contributed by atoms with Crippen molar-refractivity contribution < 1.29 is 14.3 Å². The van der Waals surface area contributed by atoms with Crippen molar-refractivity contribution in [2.24, 2.45) is 0 Å². The molecule has 0 N–H and O–H groups in total. The van der Waals surface area contributed by atoms with Crippen LogP contribution in [0.4, 0.5) is 0 Å². The van der Waals surface area contributed by atoms with Crippen LogP contribution < -0.4 is 4.74 Å². The Kier molecular flexibility index (Phi) is 5.80. The van der Waals surface area contributed by atoms with Crippen molar-refractivity contribution in [1.29, 1.82) is 0 Å². The van der Waals surface area contributed by atoms with Gasteiger partial charge in [0.25, 0.3) is 6.47 Å². The Labute approximate surface area is 171 Å². The van der Waals surface area contributed by atoms with Gasteiger partial charge < -0.3 is 9.47 Å². The zero-order valence-corrected chi connectivity index (χ0v) is 18.1. The molecule has 0 amide bonds. The molecule has 4 heteroatoms. The summed E-state index contributed by atoms with van der Waals surface area (Å²) < 4.78 is 12.7. The van der Waals surface area contributed by atoms with Crippen LogP contribution in [0.5, 0.6) is 5.75 Å². The van der Waals surface area contributed by atoms with Crippen molar-refractivity contribution in [3.05, 3.63) is 54.1 Å². The molecule has 28 heavy (non-hydrogen) atoms. The molecule has 0 aliphatic heterocycles. The molecule has 3 nitrogen and oxygen atoms in total. The van der Waals surface area contributed by atoms with E-state index in [1.807, 2.05) is 33.8 Å². The third-order valence-corrected chi connectivity index (χ3v) is 5.90. The third kappa shape index (κ3) is 4.74. The zero-order chi connectivity index (χ0) is 20.4. The Morgan fingerprint density at radius 2 is 1.75 bits per heavy atom. The molecule has 1 heterocycles. The van der Waals surface area contributed by atoms with Gasteiger partial charge in [0.05, 0.1) is 0 Å². The van der Waals surface area contributed by atoms with Gasteiger partial charge in [-0.15, -0.1) is 11.3 Å². The lowest BCUT2D eigenvalue weighted by molar-refractivity contribution is -0.144. The van der Waals surface area contributed by atoms with E-state index in [-0.39, 0.29) is 0 Å². The first-order valence-corrected chi connectivity index (χ1v) is 10.5. The lowest BCUT2D eigenvalue weighted by Gasteiger charge is -2.34. The summed E-state index contributed by atoms with van der Waals surface area (Å²) in [6, 6.07) is 17.1. The number of rotatable bonds is 8. The minimum Gasteiger partial charge on any atom is -0.488 e. The molecule has 0 radical (unpaired) electrons. The molecular weight excluding hydrogens is 368 g/mol. The highest BCUT2D eigenvalue weighted by atomic mass is 32.1. The quantitative estimate of drug-likeness (QED) is 0.401. The average Bonchev–Trinajstić information content (AvgIpc) is 3.03. The molecular formula is C24H28O3S. The van der Waals surface area contributed by atoms with E-state index < -0.39 is 11.2 Å². The van der Waals surface area contributed by atoms with Crippen molar-refractivity contribution in [2.75, 3.05) is 0 Å².